The molecule has 2 aromatic carbocycles. The fraction of sp³-hybridized carbons (Fsp3) is 0.458. The minimum absolute atomic E-state index is 0.0122. The van der Waals surface area contributed by atoms with Gasteiger partial charge >= 0.3 is 5.97 Å². The lowest BCUT2D eigenvalue weighted by Crippen LogP contribution is -2.60. The number of rotatable bonds is 2. The molecule has 3 saturated heterocycles. The molecule has 3 fully saturated rings. The number of carbonyl (C=O) groups is 1. The van der Waals surface area contributed by atoms with Gasteiger partial charge in [0.1, 0.15) is 35.8 Å². The zero-order valence-electron chi connectivity index (χ0n) is 18.7. The van der Waals surface area contributed by atoms with E-state index in [1.54, 1.807) is 0 Å². The molecule has 6 rings (SSSR count). The first-order valence-electron chi connectivity index (χ1n) is 11.1. The number of nitrogens with zero attached hydrogens (tertiary/aromatic N) is 1. The lowest BCUT2D eigenvalue weighted by Gasteiger charge is -2.45. The molecule has 33 heavy (non-hydrogen) atoms. The number of piperidine rings is 1. The van der Waals surface area contributed by atoms with E-state index < -0.39 is 13.2 Å². The zero-order chi connectivity index (χ0) is 23.8. The third-order valence-electron chi connectivity index (χ3n) is 7.94. The van der Waals surface area contributed by atoms with Crippen LogP contribution in [0.2, 0.25) is 0 Å². The first-order valence-corrected chi connectivity index (χ1v) is 12.6. The predicted octanol–water partition coefficient (Wildman–Crippen LogP) is 1.71. The van der Waals surface area contributed by atoms with Crippen molar-refractivity contribution in [3.8, 4) is 11.1 Å². The third-order valence-corrected chi connectivity index (χ3v) is 7.94. The molecule has 3 heterocycles. The average molecular weight is 473 g/mol. The van der Waals surface area contributed by atoms with Gasteiger partial charge in [-0.05, 0) is 29.2 Å². The van der Waals surface area contributed by atoms with Crippen LogP contribution in [0.5, 0.6) is 0 Å². The monoisotopic (exact) mass is 473 g/mol. The minimum Gasteiger partial charge on any atom is -0.756 e. The van der Waals surface area contributed by atoms with Gasteiger partial charge in [-0.25, -0.2) is 0 Å². The number of ether oxygens (including phenoxy) is 2. The molecule has 4 aliphatic rings. The maximum Gasteiger partial charge on any atom is 0.321 e. The summed E-state index contributed by atoms with van der Waals surface area (Å²) in [6.45, 7) is 2.03. The lowest BCUT2D eigenvalue weighted by molar-refractivity contribution is -0.938. The summed E-state index contributed by atoms with van der Waals surface area (Å²) in [4.78, 5) is 36.5. The first-order chi connectivity index (χ1) is 15.4. The van der Waals surface area contributed by atoms with Crippen molar-refractivity contribution in [2.24, 2.45) is 0 Å². The van der Waals surface area contributed by atoms with Gasteiger partial charge in [-0.15, -0.1) is 0 Å². The molecule has 0 amide bonds. The Hall–Kier alpha value is -2.06. The highest BCUT2D eigenvalue weighted by atomic mass is 31.2. The van der Waals surface area contributed by atoms with E-state index >= 15 is 0 Å². The molecule has 2 bridgehead atoms. The number of hydrogen-bond acceptors (Lipinski definition) is 5. The van der Waals surface area contributed by atoms with Gasteiger partial charge in [-0.2, -0.15) is 0 Å². The summed E-state index contributed by atoms with van der Waals surface area (Å²) >= 11 is 0. The number of hydrogen-bond donors (Lipinski definition) is 2. The SMILES string of the molecule is CC1(C(=O)OC2CC3C4OC4C(C2)[N+]3(C)C)c2ccccc2-c2ccccc21.O=P([O-])(O)O. The molecule has 176 valence electrons. The number of benzene rings is 2. The van der Waals surface area contributed by atoms with Crippen molar-refractivity contribution in [1.82, 2.24) is 0 Å². The van der Waals surface area contributed by atoms with Crippen molar-refractivity contribution in [2.75, 3.05) is 14.1 Å². The Labute approximate surface area is 192 Å². The second kappa shape index (κ2) is 7.47. The van der Waals surface area contributed by atoms with Crippen LogP contribution >= 0.6 is 7.82 Å². The molecule has 3 aliphatic heterocycles. The first kappa shape index (κ1) is 22.7. The van der Waals surface area contributed by atoms with Crippen LogP contribution in [0.25, 0.3) is 11.1 Å². The van der Waals surface area contributed by atoms with E-state index in [0.717, 1.165) is 39.6 Å². The molecule has 2 N–H and O–H groups in total. The Kier molecular flexibility index (Phi) is 5.14. The van der Waals surface area contributed by atoms with Crippen LogP contribution in [-0.4, -0.2) is 64.7 Å². The largest absolute Gasteiger partial charge is 0.756 e. The van der Waals surface area contributed by atoms with Gasteiger partial charge in [0.15, 0.2) is 0 Å². The van der Waals surface area contributed by atoms with Gasteiger partial charge in [0.25, 0.3) is 7.82 Å². The molecule has 9 heteroatoms. The molecular formula is C24H28NO7P. The number of phosphoric acid groups is 1. The summed E-state index contributed by atoms with van der Waals surface area (Å²) in [7, 11) is -0.290. The molecule has 4 unspecified atom stereocenters. The molecule has 0 radical (unpaired) electrons. The standard InChI is InChI=1S/C24H26NO3.H3O4P/c1-24(17-10-6-4-8-15(17)16-9-5-7-11-18(16)24)23(26)27-14-12-19-21-22(28-21)20(13-14)25(19,2)3;1-5(2,3)4/h4-11,14,19-22H,12-13H2,1-3H3;(H3,1,2,3,4)/q+1;/p-1. The van der Waals surface area contributed by atoms with Gasteiger partial charge < -0.3 is 28.6 Å². The van der Waals surface area contributed by atoms with Crippen LogP contribution in [0, 0.1) is 0 Å². The number of quaternary nitrogens is 1. The number of esters is 1. The van der Waals surface area contributed by atoms with Gasteiger partial charge in [0.05, 0.1) is 14.1 Å². The van der Waals surface area contributed by atoms with E-state index in [4.69, 9.17) is 28.7 Å². The lowest BCUT2D eigenvalue weighted by atomic mass is 9.80. The van der Waals surface area contributed by atoms with Gasteiger partial charge in [-0.1, -0.05) is 48.5 Å². The minimum atomic E-state index is -4.89. The summed E-state index contributed by atoms with van der Waals surface area (Å²) < 4.78 is 21.9. The van der Waals surface area contributed by atoms with Gasteiger partial charge in [0, 0.05) is 12.8 Å². The highest BCUT2D eigenvalue weighted by molar-refractivity contribution is 7.43. The second-order valence-corrected chi connectivity index (χ2v) is 11.0. The van der Waals surface area contributed by atoms with Crippen LogP contribution in [0.3, 0.4) is 0 Å². The number of likely N-dealkylation sites (N-methyl/N-ethyl adjacent to an activating group) is 1. The summed E-state index contributed by atoms with van der Waals surface area (Å²) in [5.74, 6) is -0.115. The highest BCUT2D eigenvalue weighted by Gasteiger charge is 2.71. The van der Waals surface area contributed by atoms with Crippen molar-refractivity contribution in [1.29, 1.82) is 0 Å². The molecule has 0 spiro atoms. The molecule has 2 aromatic rings. The van der Waals surface area contributed by atoms with Crippen LogP contribution in [0.1, 0.15) is 30.9 Å². The normalized spacial score (nSPS) is 31.4. The van der Waals surface area contributed by atoms with E-state index in [1.165, 1.54) is 0 Å². The van der Waals surface area contributed by atoms with E-state index in [9.17, 15) is 4.79 Å². The topological polar surface area (TPSA) is 119 Å². The fourth-order valence-electron chi connectivity index (χ4n) is 6.24. The van der Waals surface area contributed by atoms with Crippen molar-refractivity contribution < 1.29 is 38.0 Å². The molecule has 8 nitrogen and oxygen atoms in total. The average Bonchev–Trinajstić information content (AvgIpc) is 3.45. The van der Waals surface area contributed by atoms with Crippen molar-refractivity contribution in [3.63, 3.8) is 0 Å². The van der Waals surface area contributed by atoms with E-state index in [1.807, 2.05) is 31.2 Å². The summed E-state index contributed by atoms with van der Waals surface area (Å²) in [5, 5.41) is 0. The molecule has 0 aromatic heterocycles. The van der Waals surface area contributed by atoms with Gasteiger partial charge in [-0.3, -0.25) is 9.36 Å². The summed E-state index contributed by atoms with van der Waals surface area (Å²) in [6.07, 6.45) is 2.52. The van der Waals surface area contributed by atoms with Crippen LogP contribution in [0.4, 0.5) is 0 Å². The number of carbonyl (C=O) groups excluding carboxylic acids is 1. The van der Waals surface area contributed by atoms with Crippen molar-refractivity contribution in [3.05, 3.63) is 59.7 Å². The van der Waals surface area contributed by atoms with Gasteiger partial charge in [0.2, 0.25) is 0 Å². The van der Waals surface area contributed by atoms with Crippen LogP contribution < -0.4 is 4.89 Å². The Balaban J connectivity index is 0.000000416. The second-order valence-electron chi connectivity index (χ2n) is 10.0. The maximum atomic E-state index is 13.6. The smallest absolute Gasteiger partial charge is 0.321 e. The zero-order valence-corrected chi connectivity index (χ0v) is 19.6. The van der Waals surface area contributed by atoms with E-state index in [0.29, 0.717) is 24.3 Å². The molecular weight excluding hydrogens is 445 g/mol. The Bertz CT molecular complexity index is 1090. The Morgan fingerprint density at radius 2 is 1.45 bits per heavy atom. The van der Waals surface area contributed by atoms with Crippen LogP contribution in [0.15, 0.2) is 48.5 Å². The molecule has 1 aliphatic carbocycles. The Morgan fingerprint density at radius 3 is 1.91 bits per heavy atom. The predicted molar refractivity (Wildman–Crippen MR) is 118 cm³/mol. The number of fused-ring (bicyclic) bond motifs is 8. The molecule has 0 saturated carbocycles. The van der Waals surface area contributed by atoms with Crippen LogP contribution in [-0.2, 0) is 24.2 Å². The Morgan fingerprint density at radius 1 is 1.03 bits per heavy atom. The summed E-state index contributed by atoms with van der Waals surface area (Å²) in [5.41, 5.74) is 3.67. The quantitative estimate of drug-likeness (QED) is 0.295. The maximum absolute atomic E-state index is 13.6. The van der Waals surface area contributed by atoms with Crippen molar-refractivity contribution in [2.45, 2.75) is 55.6 Å². The number of epoxide rings is 1. The van der Waals surface area contributed by atoms with E-state index in [-0.39, 0.29) is 12.1 Å². The van der Waals surface area contributed by atoms with Crippen molar-refractivity contribution >= 4 is 13.8 Å². The number of morpholine rings is 1. The third kappa shape index (κ3) is 3.66. The highest BCUT2D eigenvalue weighted by Crippen LogP contribution is 2.53. The summed E-state index contributed by atoms with van der Waals surface area (Å²) in [6, 6.07) is 17.4. The fourth-order valence-corrected chi connectivity index (χ4v) is 6.24. The molecule has 4 atom stereocenters. The van der Waals surface area contributed by atoms with E-state index in [2.05, 4.69) is 38.4 Å².